The van der Waals surface area contributed by atoms with Crippen molar-refractivity contribution in [2.24, 2.45) is 0 Å². The third kappa shape index (κ3) is 5.41. The van der Waals surface area contributed by atoms with E-state index in [4.69, 9.17) is 4.74 Å². The number of benzene rings is 3. The minimum atomic E-state index is -0.608. The Labute approximate surface area is 172 Å². The average molecular weight is 386 g/mol. The molecule has 0 fully saturated rings. The second-order valence-corrected chi connectivity index (χ2v) is 7.29. The number of ether oxygens (including phenoxy) is 1. The zero-order valence-electron chi connectivity index (χ0n) is 16.9. The van der Waals surface area contributed by atoms with E-state index in [-0.39, 0.29) is 5.92 Å². The van der Waals surface area contributed by atoms with E-state index < -0.39 is 17.9 Å². The molecular formula is C26H26O3. The fraction of sp³-hybridized carbons (Fsp3) is 0.231. The molecule has 0 heterocycles. The van der Waals surface area contributed by atoms with E-state index in [0.717, 1.165) is 17.5 Å². The second kappa shape index (κ2) is 9.83. The van der Waals surface area contributed by atoms with Gasteiger partial charge in [0.25, 0.3) is 0 Å². The van der Waals surface area contributed by atoms with Crippen molar-refractivity contribution in [3.63, 3.8) is 0 Å². The van der Waals surface area contributed by atoms with Gasteiger partial charge in [0.05, 0.1) is 11.5 Å². The van der Waals surface area contributed by atoms with E-state index >= 15 is 0 Å². The molecule has 0 amide bonds. The highest BCUT2D eigenvalue weighted by Crippen LogP contribution is 2.33. The first kappa shape index (κ1) is 20.5. The Hall–Kier alpha value is -3.20. The maximum atomic E-state index is 13.0. The van der Waals surface area contributed by atoms with E-state index in [9.17, 15) is 9.59 Å². The van der Waals surface area contributed by atoms with Crippen LogP contribution in [-0.4, -0.2) is 11.9 Å². The third-order valence-corrected chi connectivity index (χ3v) is 5.25. The smallest absolute Gasteiger partial charge is 0.345 e. The summed E-state index contributed by atoms with van der Waals surface area (Å²) in [6.07, 6.45) is 1.48. The second-order valence-electron chi connectivity index (χ2n) is 7.29. The lowest BCUT2D eigenvalue weighted by Crippen LogP contribution is -2.22. The summed E-state index contributed by atoms with van der Waals surface area (Å²) in [4.78, 5) is 25.5. The number of hydrogen-bond donors (Lipinski definition) is 0. The van der Waals surface area contributed by atoms with Gasteiger partial charge in [0, 0.05) is 0 Å². The molecule has 0 aliphatic carbocycles. The van der Waals surface area contributed by atoms with E-state index in [1.807, 2.05) is 67.6 Å². The molecule has 0 N–H and O–H groups in total. The number of rotatable bonds is 7. The van der Waals surface area contributed by atoms with Crippen LogP contribution in [0, 0.1) is 6.92 Å². The van der Waals surface area contributed by atoms with Crippen LogP contribution in [0.1, 0.15) is 58.6 Å². The fourth-order valence-corrected chi connectivity index (χ4v) is 3.51. The van der Waals surface area contributed by atoms with Crippen LogP contribution in [0.5, 0.6) is 0 Å². The fourth-order valence-electron chi connectivity index (χ4n) is 3.51. The van der Waals surface area contributed by atoms with Crippen molar-refractivity contribution in [2.75, 3.05) is 0 Å². The van der Waals surface area contributed by atoms with Gasteiger partial charge in [-0.15, -0.1) is 0 Å². The first-order valence-electron chi connectivity index (χ1n) is 10.0. The highest BCUT2D eigenvalue weighted by molar-refractivity contribution is 5.98. The van der Waals surface area contributed by atoms with Gasteiger partial charge in [0.15, 0.2) is 0 Å². The number of hydrogen-bond acceptors (Lipinski definition) is 3. The van der Waals surface area contributed by atoms with Crippen molar-refractivity contribution >= 4 is 11.9 Å². The van der Waals surface area contributed by atoms with Gasteiger partial charge in [-0.25, -0.2) is 4.79 Å². The van der Waals surface area contributed by atoms with Crippen LogP contribution in [0.4, 0.5) is 0 Å². The number of aryl methyl sites for hydroxylation is 1. The Kier molecular flexibility index (Phi) is 6.96. The molecule has 0 spiro atoms. The molecule has 29 heavy (non-hydrogen) atoms. The average Bonchev–Trinajstić information content (AvgIpc) is 2.76. The topological polar surface area (TPSA) is 43.4 Å². The first-order valence-corrected chi connectivity index (χ1v) is 10.0. The van der Waals surface area contributed by atoms with Crippen molar-refractivity contribution in [2.45, 2.75) is 38.5 Å². The third-order valence-electron chi connectivity index (χ3n) is 5.25. The summed E-state index contributed by atoms with van der Waals surface area (Å²) in [7, 11) is 0. The summed E-state index contributed by atoms with van der Waals surface area (Å²) in [5.74, 6) is -1.42. The monoisotopic (exact) mass is 386 g/mol. The molecule has 3 aromatic carbocycles. The molecule has 0 aromatic heterocycles. The summed E-state index contributed by atoms with van der Waals surface area (Å²) >= 11 is 0. The van der Waals surface area contributed by atoms with E-state index in [1.165, 1.54) is 5.56 Å². The zero-order chi connectivity index (χ0) is 20.6. The Morgan fingerprint density at radius 3 is 1.90 bits per heavy atom. The Balaban J connectivity index is 1.82. The van der Waals surface area contributed by atoms with Gasteiger partial charge in [-0.2, -0.15) is 0 Å². The lowest BCUT2D eigenvalue weighted by molar-refractivity contribution is -0.140. The maximum Gasteiger partial charge on any atom is 0.345 e. The van der Waals surface area contributed by atoms with Crippen LogP contribution in [0.3, 0.4) is 0 Å². The largest absolute Gasteiger partial charge is 0.389 e. The molecule has 0 saturated heterocycles. The molecule has 3 nitrogen and oxygen atoms in total. The minimum absolute atomic E-state index is 0.198. The van der Waals surface area contributed by atoms with Crippen LogP contribution >= 0.6 is 0 Å². The van der Waals surface area contributed by atoms with Gasteiger partial charge < -0.3 is 4.74 Å². The molecular weight excluding hydrogens is 360 g/mol. The molecule has 0 aliphatic rings. The van der Waals surface area contributed by atoms with Crippen molar-refractivity contribution in [3.05, 3.63) is 107 Å². The quantitative estimate of drug-likeness (QED) is 0.367. The van der Waals surface area contributed by atoms with Gasteiger partial charge >= 0.3 is 11.9 Å². The summed E-state index contributed by atoms with van der Waals surface area (Å²) in [6.45, 7) is 4.06. The predicted molar refractivity (Wildman–Crippen MR) is 115 cm³/mol. The van der Waals surface area contributed by atoms with Crippen molar-refractivity contribution < 1.29 is 14.3 Å². The van der Waals surface area contributed by atoms with Gasteiger partial charge in [-0.05, 0) is 48.9 Å². The van der Waals surface area contributed by atoms with Gasteiger partial charge in [-0.3, -0.25) is 4.79 Å². The van der Waals surface area contributed by atoms with Crippen molar-refractivity contribution in [3.8, 4) is 0 Å². The van der Waals surface area contributed by atoms with Gasteiger partial charge in [-0.1, -0.05) is 85.3 Å². The number of carbonyl (C=O) groups excluding carboxylic acids is 2. The maximum absolute atomic E-state index is 13.0. The van der Waals surface area contributed by atoms with Crippen molar-refractivity contribution in [1.29, 1.82) is 0 Å². The number of esters is 2. The molecule has 2 unspecified atom stereocenters. The summed E-state index contributed by atoms with van der Waals surface area (Å²) in [5.41, 5.74) is 3.48. The normalized spacial score (nSPS) is 12.8. The first-order chi connectivity index (χ1) is 14.1. The Morgan fingerprint density at radius 1 is 0.793 bits per heavy atom. The van der Waals surface area contributed by atoms with E-state index in [2.05, 4.69) is 19.1 Å². The molecule has 0 bridgehead atoms. The SMILES string of the molecule is CCC(CC(C(=O)OC(=O)c1ccc(C)cc1)c1ccccc1)c1ccccc1. The molecule has 2 atom stereocenters. The van der Waals surface area contributed by atoms with Gasteiger partial charge in [0.2, 0.25) is 0 Å². The standard InChI is InChI=1S/C26H26O3/c1-3-20(21-10-6-4-7-11-21)18-24(22-12-8-5-9-13-22)26(28)29-25(27)23-16-14-19(2)15-17-23/h4-17,20,24H,3,18H2,1-2H3. The predicted octanol–water partition coefficient (Wildman–Crippen LogP) is 6.05. The molecule has 0 aliphatic heterocycles. The Morgan fingerprint density at radius 2 is 1.34 bits per heavy atom. The molecule has 0 saturated carbocycles. The summed E-state index contributed by atoms with van der Waals surface area (Å²) in [6, 6.07) is 26.7. The molecule has 0 radical (unpaired) electrons. The van der Waals surface area contributed by atoms with Crippen LogP contribution < -0.4 is 0 Å². The molecule has 148 valence electrons. The molecule has 3 aromatic rings. The summed E-state index contributed by atoms with van der Waals surface area (Å²) < 4.78 is 5.30. The zero-order valence-corrected chi connectivity index (χ0v) is 16.9. The minimum Gasteiger partial charge on any atom is -0.389 e. The van der Waals surface area contributed by atoms with Crippen molar-refractivity contribution in [1.82, 2.24) is 0 Å². The van der Waals surface area contributed by atoms with Gasteiger partial charge in [0.1, 0.15) is 0 Å². The molecule has 3 rings (SSSR count). The van der Waals surface area contributed by atoms with E-state index in [1.54, 1.807) is 12.1 Å². The molecule has 3 heteroatoms. The lowest BCUT2D eigenvalue weighted by atomic mass is 9.83. The van der Waals surface area contributed by atoms with Crippen LogP contribution in [0.25, 0.3) is 0 Å². The number of carbonyl (C=O) groups is 2. The van der Waals surface area contributed by atoms with Crippen LogP contribution in [-0.2, 0) is 9.53 Å². The summed E-state index contributed by atoms with van der Waals surface area (Å²) in [5, 5.41) is 0. The lowest BCUT2D eigenvalue weighted by Gasteiger charge is -2.22. The van der Waals surface area contributed by atoms with Crippen LogP contribution in [0.15, 0.2) is 84.9 Å². The van der Waals surface area contributed by atoms with Crippen LogP contribution in [0.2, 0.25) is 0 Å². The highest BCUT2D eigenvalue weighted by atomic mass is 16.6. The van der Waals surface area contributed by atoms with E-state index in [0.29, 0.717) is 12.0 Å². The Bertz CT molecular complexity index is 931. The highest BCUT2D eigenvalue weighted by Gasteiger charge is 2.28.